The quantitative estimate of drug-likeness (QED) is 0.600. The van der Waals surface area contributed by atoms with Gasteiger partial charge in [-0.3, -0.25) is 29.5 Å². The van der Waals surface area contributed by atoms with Crippen LogP contribution >= 0.6 is 0 Å². The van der Waals surface area contributed by atoms with Crippen LogP contribution in [0.2, 0.25) is 0 Å². The standard InChI is InChI=1S/C16H20N4O6/c1-10-13(6-12(7-17-10)20(25)26)15(22)18(2)9-14(21)19-5-3-4-11(8-19)16(23)24/h6-7,11H,3-5,8-9H2,1-2H3,(H,23,24). The lowest BCUT2D eigenvalue weighted by Crippen LogP contribution is -2.47. The molecule has 0 radical (unpaired) electrons. The molecular formula is C16H20N4O6. The zero-order chi connectivity index (χ0) is 19.4. The number of nitrogens with zero attached hydrogens (tertiary/aromatic N) is 4. The van der Waals surface area contributed by atoms with Crippen LogP contribution in [0.1, 0.15) is 28.9 Å². The Hall–Kier alpha value is -3.04. The highest BCUT2D eigenvalue weighted by atomic mass is 16.6. The number of nitro groups is 1. The Morgan fingerprint density at radius 2 is 2.15 bits per heavy atom. The van der Waals surface area contributed by atoms with Crippen molar-refractivity contribution in [3.63, 3.8) is 0 Å². The predicted octanol–water partition coefficient (Wildman–Crippen LogP) is 0.693. The lowest BCUT2D eigenvalue weighted by atomic mass is 9.98. The smallest absolute Gasteiger partial charge is 0.308 e. The lowest BCUT2D eigenvalue weighted by Gasteiger charge is -2.32. The van der Waals surface area contributed by atoms with Crippen LogP contribution in [0.4, 0.5) is 5.69 Å². The van der Waals surface area contributed by atoms with Gasteiger partial charge in [-0.1, -0.05) is 0 Å². The van der Waals surface area contributed by atoms with Crippen molar-refractivity contribution in [3.8, 4) is 0 Å². The highest BCUT2D eigenvalue weighted by molar-refractivity contribution is 5.97. The van der Waals surface area contributed by atoms with E-state index in [0.29, 0.717) is 25.1 Å². The highest BCUT2D eigenvalue weighted by Crippen LogP contribution is 2.18. The van der Waals surface area contributed by atoms with Crippen LogP contribution in [0.5, 0.6) is 0 Å². The monoisotopic (exact) mass is 364 g/mol. The number of carboxylic acids is 1. The maximum atomic E-state index is 12.5. The summed E-state index contributed by atoms with van der Waals surface area (Å²) in [6.45, 7) is 1.87. The molecule has 2 amide bonds. The van der Waals surface area contributed by atoms with Gasteiger partial charge in [-0.25, -0.2) is 0 Å². The number of hydrogen-bond acceptors (Lipinski definition) is 6. The number of hydrogen-bond donors (Lipinski definition) is 1. The van der Waals surface area contributed by atoms with Gasteiger partial charge < -0.3 is 14.9 Å². The molecule has 0 saturated carbocycles. The van der Waals surface area contributed by atoms with Crippen molar-refractivity contribution in [2.75, 3.05) is 26.7 Å². The van der Waals surface area contributed by atoms with Crippen molar-refractivity contribution >= 4 is 23.5 Å². The largest absolute Gasteiger partial charge is 0.481 e. The fourth-order valence-corrected chi connectivity index (χ4v) is 2.82. The normalized spacial score (nSPS) is 16.8. The first-order valence-corrected chi connectivity index (χ1v) is 8.07. The number of carbonyl (C=O) groups is 3. The zero-order valence-electron chi connectivity index (χ0n) is 14.5. The van der Waals surface area contributed by atoms with E-state index in [4.69, 9.17) is 5.11 Å². The Labute approximate surface area is 149 Å². The molecule has 1 aromatic rings. The Morgan fingerprint density at radius 1 is 1.46 bits per heavy atom. The number of rotatable bonds is 5. The van der Waals surface area contributed by atoms with Crippen molar-refractivity contribution in [2.45, 2.75) is 19.8 Å². The molecule has 0 spiro atoms. The Kier molecular flexibility index (Phi) is 5.86. The summed E-state index contributed by atoms with van der Waals surface area (Å²) >= 11 is 0. The topological polar surface area (TPSA) is 134 Å². The number of aromatic nitrogens is 1. The van der Waals surface area contributed by atoms with Crippen LogP contribution < -0.4 is 0 Å². The molecule has 2 rings (SSSR count). The van der Waals surface area contributed by atoms with Gasteiger partial charge in [0.2, 0.25) is 5.91 Å². The van der Waals surface area contributed by atoms with Gasteiger partial charge in [-0.15, -0.1) is 0 Å². The van der Waals surface area contributed by atoms with E-state index >= 15 is 0 Å². The average molecular weight is 364 g/mol. The number of carboxylic acid groups (broad SMARTS) is 1. The number of carbonyl (C=O) groups excluding carboxylic acids is 2. The van der Waals surface area contributed by atoms with E-state index in [9.17, 15) is 24.5 Å². The summed E-state index contributed by atoms with van der Waals surface area (Å²) in [7, 11) is 1.41. The molecular weight excluding hydrogens is 344 g/mol. The SMILES string of the molecule is Cc1ncc([N+](=O)[O-])cc1C(=O)N(C)CC(=O)N1CCCC(C(=O)O)C1. The third kappa shape index (κ3) is 4.32. The number of likely N-dealkylation sites (tertiary alicyclic amines) is 1. The molecule has 0 bridgehead atoms. The number of piperidine rings is 1. The van der Waals surface area contributed by atoms with Crippen molar-refractivity contribution in [1.82, 2.24) is 14.8 Å². The fourth-order valence-electron chi connectivity index (χ4n) is 2.82. The van der Waals surface area contributed by atoms with Crippen LogP contribution in [0, 0.1) is 23.0 Å². The molecule has 1 aromatic heterocycles. The minimum atomic E-state index is -0.940. The molecule has 1 N–H and O–H groups in total. The molecule has 1 atom stereocenters. The highest BCUT2D eigenvalue weighted by Gasteiger charge is 2.29. The van der Waals surface area contributed by atoms with Crippen molar-refractivity contribution in [3.05, 3.63) is 33.6 Å². The molecule has 140 valence electrons. The predicted molar refractivity (Wildman–Crippen MR) is 89.5 cm³/mol. The van der Waals surface area contributed by atoms with Crippen LogP contribution in [0.25, 0.3) is 0 Å². The third-order valence-corrected chi connectivity index (χ3v) is 4.36. The second kappa shape index (κ2) is 7.89. The second-order valence-electron chi connectivity index (χ2n) is 6.26. The molecule has 0 aliphatic carbocycles. The first kappa shape index (κ1) is 19.3. The minimum absolute atomic E-state index is 0.0524. The number of pyridine rings is 1. The van der Waals surface area contributed by atoms with Gasteiger partial charge >= 0.3 is 5.97 Å². The van der Waals surface area contributed by atoms with Gasteiger partial charge in [0.15, 0.2) is 0 Å². The van der Waals surface area contributed by atoms with Gasteiger partial charge in [0.1, 0.15) is 6.20 Å². The molecule has 1 aliphatic rings. The van der Waals surface area contributed by atoms with E-state index in [0.717, 1.165) is 17.2 Å². The number of aryl methyl sites for hydroxylation is 1. The van der Waals surface area contributed by atoms with Gasteiger partial charge in [0, 0.05) is 26.2 Å². The van der Waals surface area contributed by atoms with E-state index in [-0.39, 0.29) is 30.2 Å². The summed E-state index contributed by atoms with van der Waals surface area (Å²) < 4.78 is 0. The Bertz CT molecular complexity index is 750. The van der Waals surface area contributed by atoms with E-state index in [2.05, 4.69) is 4.98 Å². The number of aliphatic carboxylic acids is 1. The van der Waals surface area contributed by atoms with Crippen LogP contribution in [0.3, 0.4) is 0 Å². The molecule has 10 nitrogen and oxygen atoms in total. The van der Waals surface area contributed by atoms with E-state index < -0.39 is 22.7 Å². The number of likely N-dealkylation sites (N-methyl/N-ethyl adjacent to an activating group) is 1. The maximum absolute atomic E-state index is 12.5. The summed E-state index contributed by atoms with van der Waals surface area (Å²) in [5.41, 5.74) is 0.0689. The zero-order valence-corrected chi connectivity index (χ0v) is 14.5. The molecule has 1 fully saturated rings. The first-order chi connectivity index (χ1) is 12.2. The Morgan fingerprint density at radius 3 is 2.77 bits per heavy atom. The minimum Gasteiger partial charge on any atom is -0.481 e. The summed E-state index contributed by atoms with van der Waals surface area (Å²) in [5.74, 6) is -2.45. The maximum Gasteiger partial charge on any atom is 0.308 e. The molecule has 10 heteroatoms. The molecule has 1 saturated heterocycles. The molecule has 2 heterocycles. The second-order valence-corrected chi connectivity index (χ2v) is 6.26. The molecule has 26 heavy (non-hydrogen) atoms. The third-order valence-electron chi connectivity index (χ3n) is 4.36. The van der Waals surface area contributed by atoms with Gasteiger partial charge in [-0.2, -0.15) is 0 Å². The summed E-state index contributed by atoms with van der Waals surface area (Å²) in [4.78, 5) is 52.7. The summed E-state index contributed by atoms with van der Waals surface area (Å²) in [6.07, 6.45) is 2.18. The summed E-state index contributed by atoms with van der Waals surface area (Å²) in [5, 5.41) is 20.0. The molecule has 1 unspecified atom stereocenters. The van der Waals surface area contributed by atoms with Gasteiger partial charge in [-0.05, 0) is 19.8 Å². The van der Waals surface area contributed by atoms with Gasteiger partial charge in [0.05, 0.1) is 28.6 Å². The summed E-state index contributed by atoms with van der Waals surface area (Å²) in [6, 6.07) is 1.13. The molecule has 0 aromatic carbocycles. The average Bonchev–Trinajstić information content (AvgIpc) is 2.61. The van der Waals surface area contributed by atoms with E-state index in [1.54, 1.807) is 6.92 Å². The number of amides is 2. The van der Waals surface area contributed by atoms with Crippen LogP contribution in [0.15, 0.2) is 12.3 Å². The first-order valence-electron chi connectivity index (χ1n) is 8.07. The van der Waals surface area contributed by atoms with Gasteiger partial charge in [0.25, 0.3) is 11.6 Å². The molecule has 1 aliphatic heterocycles. The Balaban J connectivity index is 2.07. The fraction of sp³-hybridized carbons (Fsp3) is 0.500. The van der Waals surface area contributed by atoms with Crippen molar-refractivity contribution < 1.29 is 24.4 Å². The van der Waals surface area contributed by atoms with Crippen LogP contribution in [-0.4, -0.2) is 69.3 Å². The lowest BCUT2D eigenvalue weighted by molar-refractivity contribution is -0.385. The van der Waals surface area contributed by atoms with Crippen molar-refractivity contribution in [1.29, 1.82) is 0 Å². The van der Waals surface area contributed by atoms with E-state index in [1.165, 1.54) is 11.9 Å². The van der Waals surface area contributed by atoms with Crippen molar-refractivity contribution in [2.24, 2.45) is 5.92 Å². The van der Waals surface area contributed by atoms with Crippen LogP contribution in [-0.2, 0) is 9.59 Å². The van der Waals surface area contributed by atoms with E-state index in [1.807, 2.05) is 0 Å².